The molecule has 4 atom stereocenters. The van der Waals surface area contributed by atoms with Crippen LogP contribution >= 0.6 is 0 Å². The van der Waals surface area contributed by atoms with Gasteiger partial charge in [-0.15, -0.1) is 0 Å². The zero-order chi connectivity index (χ0) is 14.1. The summed E-state index contributed by atoms with van der Waals surface area (Å²) in [5.74, 6) is 0. The molecule has 0 radical (unpaired) electrons. The van der Waals surface area contributed by atoms with Crippen LogP contribution in [-0.4, -0.2) is 59.6 Å². The van der Waals surface area contributed by atoms with Gasteiger partial charge in [-0.1, -0.05) is 39.0 Å². The van der Waals surface area contributed by atoms with Gasteiger partial charge in [-0.25, -0.2) is 0 Å². The second-order valence-corrected chi connectivity index (χ2v) is 5.22. The van der Waals surface area contributed by atoms with Gasteiger partial charge in [-0.05, 0) is 6.42 Å². The van der Waals surface area contributed by atoms with Crippen molar-refractivity contribution < 1.29 is 24.8 Å². The molecule has 3 N–H and O–H groups in total. The van der Waals surface area contributed by atoms with Crippen molar-refractivity contribution in [2.45, 2.75) is 69.9 Å². The van der Waals surface area contributed by atoms with E-state index < -0.39 is 24.9 Å². The highest BCUT2D eigenvalue weighted by molar-refractivity contribution is 4.88. The van der Waals surface area contributed by atoms with Crippen molar-refractivity contribution in [3.8, 4) is 0 Å². The van der Waals surface area contributed by atoms with Gasteiger partial charge >= 0.3 is 0 Å². The Hall–Kier alpha value is -0.200. The molecule has 0 aliphatic carbocycles. The summed E-state index contributed by atoms with van der Waals surface area (Å²) in [4.78, 5) is 0. The average Bonchev–Trinajstić information content (AvgIpc) is 2.78. The molecule has 1 heterocycles. The Labute approximate surface area is 115 Å². The molecule has 0 saturated carbocycles. The van der Waals surface area contributed by atoms with E-state index in [1.165, 1.54) is 25.7 Å². The molecule has 0 aromatic rings. The van der Waals surface area contributed by atoms with E-state index in [9.17, 15) is 10.2 Å². The molecule has 19 heavy (non-hydrogen) atoms. The van der Waals surface area contributed by atoms with E-state index in [-0.39, 0.29) is 12.7 Å². The van der Waals surface area contributed by atoms with Crippen LogP contribution in [0.3, 0.4) is 0 Å². The Morgan fingerprint density at radius 3 is 2.58 bits per heavy atom. The second-order valence-electron chi connectivity index (χ2n) is 5.22. The number of aliphatic hydroxyl groups excluding tert-OH is 3. The van der Waals surface area contributed by atoms with Gasteiger partial charge in [0.2, 0.25) is 0 Å². The fourth-order valence-corrected chi connectivity index (χ4v) is 2.32. The molecular formula is C14H28O5. The molecule has 0 aromatic carbocycles. The zero-order valence-electron chi connectivity index (χ0n) is 11.8. The Morgan fingerprint density at radius 2 is 1.89 bits per heavy atom. The molecule has 0 bridgehead atoms. The number of ether oxygens (including phenoxy) is 2. The SMILES string of the molecule is CCCCCCCCO[C@@H]1CO[C@@H]([C@@H](O)CO)[C@H]1O. The zero-order valence-corrected chi connectivity index (χ0v) is 11.8. The van der Waals surface area contributed by atoms with E-state index in [0.717, 1.165) is 12.8 Å². The number of hydrogen-bond acceptors (Lipinski definition) is 5. The third kappa shape index (κ3) is 5.75. The molecule has 1 rings (SSSR count). The minimum absolute atomic E-state index is 0.277. The van der Waals surface area contributed by atoms with Crippen molar-refractivity contribution in [2.24, 2.45) is 0 Å². The van der Waals surface area contributed by atoms with Gasteiger partial charge in [-0.2, -0.15) is 0 Å². The first-order chi connectivity index (χ1) is 9.20. The molecule has 5 heteroatoms. The lowest BCUT2D eigenvalue weighted by atomic mass is 10.1. The summed E-state index contributed by atoms with van der Waals surface area (Å²) in [5, 5.41) is 28.2. The average molecular weight is 276 g/mol. The summed E-state index contributed by atoms with van der Waals surface area (Å²) in [6, 6.07) is 0. The third-order valence-electron chi connectivity index (χ3n) is 3.57. The van der Waals surface area contributed by atoms with Crippen molar-refractivity contribution in [3.63, 3.8) is 0 Å². The van der Waals surface area contributed by atoms with E-state index in [0.29, 0.717) is 6.61 Å². The van der Waals surface area contributed by atoms with Gasteiger partial charge in [0.1, 0.15) is 24.4 Å². The first-order valence-electron chi connectivity index (χ1n) is 7.40. The number of rotatable bonds is 10. The van der Waals surface area contributed by atoms with E-state index >= 15 is 0 Å². The number of hydrogen-bond donors (Lipinski definition) is 3. The smallest absolute Gasteiger partial charge is 0.114 e. The molecule has 1 aliphatic heterocycles. The van der Waals surface area contributed by atoms with Crippen LogP contribution in [-0.2, 0) is 9.47 Å². The molecule has 5 nitrogen and oxygen atoms in total. The van der Waals surface area contributed by atoms with Crippen LogP contribution in [0.4, 0.5) is 0 Å². The Bertz CT molecular complexity index is 224. The first-order valence-corrected chi connectivity index (χ1v) is 7.40. The second kappa shape index (κ2) is 9.66. The summed E-state index contributed by atoms with van der Waals surface area (Å²) in [5.41, 5.74) is 0. The van der Waals surface area contributed by atoms with Crippen LogP contribution in [0.2, 0.25) is 0 Å². The molecule has 1 saturated heterocycles. The Morgan fingerprint density at radius 1 is 1.21 bits per heavy atom. The lowest BCUT2D eigenvalue weighted by molar-refractivity contribution is -0.0730. The fraction of sp³-hybridized carbons (Fsp3) is 1.00. The predicted molar refractivity (Wildman–Crippen MR) is 72.0 cm³/mol. The largest absolute Gasteiger partial charge is 0.394 e. The summed E-state index contributed by atoms with van der Waals surface area (Å²) in [7, 11) is 0. The topological polar surface area (TPSA) is 79.2 Å². The maximum atomic E-state index is 9.90. The van der Waals surface area contributed by atoms with Gasteiger partial charge in [0.15, 0.2) is 0 Å². The molecule has 1 fully saturated rings. The van der Waals surface area contributed by atoms with Gasteiger partial charge in [0.05, 0.1) is 13.2 Å². The van der Waals surface area contributed by atoms with Crippen LogP contribution < -0.4 is 0 Å². The van der Waals surface area contributed by atoms with Crippen LogP contribution in [0, 0.1) is 0 Å². The van der Waals surface area contributed by atoms with Crippen molar-refractivity contribution >= 4 is 0 Å². The first kappa shape index (κ1) is 16.9. The highest BCUT2D eigenvalue weighted by Crippen LogP contribution is 2.20. The monoisotopic (exact) mass is 276 g/mol. The molecule has 1 aliphatic rings. The minimum atomic E-state index is -1.04. The summed E-state index contributed by atoms with van der Waals surface area (Å²) in [6.45, 7) is 2.67. The van der Waals surface area contributed by atoms with E-state index in [1.807, 2.05) is 0 Å². The van der Waals surface area contributed by atoms with Crippen LogP contribution in [0.15, 0.2) is 0 Å². The summed E-state index contributed by atoms with van der Waals surface area (Å²) in [6.07, 6.45) is 4.14. The molecular weight excluding hydrogens is 248 g/mol. The van der Waals surface area contributed by atoms with E-state index in [4.69, 9.17) is 14.6 Å². The summed E-state index contributed by atoms with van der Waals surface area (Å²) < 4.78 is 10.8. The third-order valence-corrected chi connectivity index (χ3v) is 3.57. The molecule has 0 spiro atoms. The summed E-state index contributed by atoms with van der Waals surface area (Å²) >= 11 is 0. The quantitative estimate of drug-likeness (QED) is 0.515. The number of aliphatic hydroxyl groups is 3. The minimum Gasteiger partial charge on any atom is -0.394 e. The molecule has 0 unspecified atom stereocenters. The van der Waals surface area contributed by atoms with E-state index in [2.05, 4.69) is 6.92 Å². The lowest BCUT2D eigenvalue weighted by Crippen LogP contribution is -2.41. The molecule has 114 valence electrons. The molecule has 0 amide bonds. The van der Waals surface area contributed by atoms with Crippen LogP contribution in [0.5, 0.6) is 0 Å². The van der Waals surface area contributed by atoms with Gasteiger partial charge < -0.3 is 24.8 Å². The van der Waals surface area contributed by atoms with Crippen molar-refractivity contribution in [3.05, 3.63) is 0 Å². The number of unbranched alkanes of at least 4 members (excludes halogenated alkanes) is 5. The standard InChI is InChI=1S/C14H28O5/c1-2-3-4-5-6-7-8-18-12-10-19-14(13(12)17)11(16)9-15/h11-17H,2-10H2,1H3/t11-,12+,13-,14-/m0/s1. The van der Waals surface area contributed by atoms with Gasteiger partial charge in [0, 0.05) is 6.61 Å². The lowest BCUT2D eigenvalue weighted by Gasteiger charge is -2.20. The van der Waals surface area contributed by atoms with Crippen LogP contribution in [0.25, 0.3) is 0 Å². The van der Waals surface area contributed by atoms with Crippen molar-refractivity contribution in [1.82, 2.24) is 0 Å². The van der Waals surface area contributed by atoms with Gasteiger partial charge in [-0.3, -0.25) is 0 Å². The Kier molecular flexibility index (Phi) is 8.57. The van der Waals surface area contributed by atoms with Crippen LogP contribution in [0.1, 0.15) is 45.4 Å². The maximum Gasteiger partial charge on any atom is 0.114 e. The molecule has 0 aromatic heterocycles. The predicted octanol–water partition coefficient (Wildman–Crippen LogP) is 0.845. The van der Waals surface area contributed by atoms with Gasteiger partial charge in [0.25, 0.3) is 0 Å². The fourth-order valence-electron chi connectivity index (χ4n) is 2.32. The maximum absolute atomic E-state index is 9.90. The highest BCUT2D eigenvalue weighted by atomic mass is 16.6. The Balaban J connectivity index is 2.07. The van der Waals surface area contributed by atoms with E-state index in [1.54, 1.807) is 0 Å². The van der Waals surface area contributed by atoms with Crippen molar-refractivity contribution in [1.29, 1.82) is 0 Å². The highest BCUT2D eigenvalue weighted by Gasteiger charge is 2.40. The van der Waals surface area contributed by atoms with Crippen molar-refractivity contribution in [2.75, 3.05) is 19.8 Å². The normalized spacial score (nSPS) is 28.7.